The molecule has 0 fully saturated rings. The van der Waals surface area contributed by atoms with Crippen LogP contribution in [-0.2, 0) is 78.1 Å². The van der Waals surface area contributed by atoms with Gasteiger partial charge in [-0.15, -0.1) is 0 Å². The van der Waals surface area contributed by atoms with E-state index in [0.29, 0.717) is 61.7 Å². The summed E-state index contributed by atoms with van der Waals surface area (Å²) in [6, 6.07) is 0.352. The molecule has 2 aromatic heterocycles. The lowest BCUT2D eigenvalue weighted by molar-refractivity contribution is 0.176. The van der Waals surface area contributed by atoms with E-state index in [4.69, 9.17) is 16.3 Å². The molecular weight excluding hydrogens is 811 g/mol. The maximum atomic E-state index is 16.5. The molecule has 4 heterocycles. The molecule has 2 aliphatic heterocycles. The molecule has 15 nitrogen and oxygen atoms in total. The molecule has 4 aliphatic carbocycles. The number of hydrogen-bond donors (Lipinski definition) is 4. The van der Waals surface area contributed by atoms with E-state index < -0.39 is 43.2 Å². The van der Waals surface area contributed by atoms with E-state index >= 15 is 4.39 Å². The molecule has 0 saturated carbocycles. The van der Waals surface area contributed by atoms with Crippen molar-refractivity contribution in [1.29, 1.82) is 0 Å². The Morgan fingerprint density at radius 1 is 0.759 bits per heavy atom. The average molecular weight is 853 g/mol. The van der Waals surface area contributed by atoms with Crippen LogP contribution in [0, 0.1) is 5.92 Å². The Morgan fingerprint density at radius 2 is 1.38 bits per heavy atom. The first kappa shape index (κ1) is 37.6. The molecule has 0 saturated heterocycles. The van der Waals surface area contributed by atoms with E-state index in [1.165, 1.54) is 20.5 Å². The summed E-state index contributed by atoms with van der Waals surface area (Å²) in [4.78, 5) is 26.3. The van der Waals surface area contributed by atoms with Crippen LogP contribution in [0.25, 0.3) is 0 Å². The number of nitrogens with zero attached hydrogens (tertiary/aromatic N) is 4. The number of urea groups is 2. The Kier molecular flexibility index (Phi) is 9.05. The zero-order valence-corrected chi connectivity index (χ0v) is 33.9. The molecule has 10 rings (SSSR count). The number of nitrogens with one attached hydrogen (secondary N) is 4. The SMILES string of the molecule is O=C(Nc1c2c(c(Cl)c3c1C(C1CC(F)c4c(S(=O)(=O)NC(=O)Nc5c6c(cc7c5CCC7)CCC6)cnn4C1)CC3)CCC2)NS(=O)(=O)c1cnn2c1OCCC2. The lowest BCUT2D eigenvalue weighted by Crippen LogP contribution is -2.36. The maximum Gasteiger partial charge on any atom is 0.333 e. The van der Waals surface area contributed by atoms with Gasteiger partial charge < -0.3 is 15.4 Å². The number of hydrogen-bond acceptors (Lipinski definition) is 9. The van der Waals surface area contributed by atoms with Crippen LogP contribution < -0.4 is 24.8 Å². The van der Waals surface area contributed by atoms with Crippen molar-refractivity contribution in [2.75, 3.05) is 17.2 Å². The van der Waals surface area contributed by atoms with Crippen molar-refractivity contribution in [1.82, 2.24) is 29.0 Å². The number of ether oxygens (including phenoxy) is 1. The van der Waals surface area contributed by atoms with Crippen molar-refractivity contribution >= 4 is 55.1 Å². The summed E-state index contributed by atoms with van der Waals surface area (Å²) in [5, 5.41) is 14.7. The summed E-state index contributed by atoms with van der Waals surface area (Å²) in [7, 11) is -8.88. The number of amides is 4. The second-order valence-electron chi connectivity index (χ2n) is 16.2. The van der Waals surface area contributed by atoms with E-state index in [2.05, 4.69) is 36.3 Å². The van der Waals surface area contributed by atoms with Crippen LogP contribution in [0.5, 0.6) is 5.88 Å². The van der Waals surface area contributed by atoms with Crippen LogP contribution in [0.4, 0.5) is 25.4 Å². The molecule has 306 valence electrons. The Bertz CT molecular complexity index is 2630. The van der Waals surface area contributed by atoms with Gasteiger partial charge in [0.15, 0.2) is 4.90 Å². The van der Waals surface area contributed by atoms with Gasteiger partial charge in [-0.2, -0.15) is 10.2 Å². The lowest BCUT2D eigenvalue weighted by Gasteiger charge is -2.33. The van der Waals surface area contributed by atoms with E-state index in [-0.39, 0.29) is 41.3 Å². The summed E-state index contributed by atoms with van der Waals surface area (Å²) >= 11 is 7.02. The van der Waals surface area contributed by atoms with E-state index in [1.54, 1.807) is 0 Å². The number of halogens is 2. The quantitative estimate of drug-likeness (QED) is 0.179. The monoisotopic (exact) mass is 852 g/mol. The molecule has 6 aliphatic rings. The van der Waals surface area contributed by atoms with E-state index in [1.807, 2.05) is 0 Å². The maximum absolute atomic E-state index is 16.5. The molecule has 2 aromatic carbocycles. The van der Waals surface area contributed by atoms with Gasteiger partial charge in [-0.3, -0.25) is 4.68 Å². The first-order valence-corrected chi connectivity index (χ1v) is 23.3. The minimum atomic E-state index is -4.51. The normalized spacial score (nSPS) is 21.6. The Labute approximate surface area is 339 Å². The number of carbonyl (C=O) groups excluding carboxylic acids is 2. The Hall–Kier alpha value is -4.68. The molecule has 3 unspecified atom stereocenters. The molecule has 0 bridgehead atoms. The second-order valence-corrected chi connectivity index (χ2v) is 19.8. The van der Waals surface area contributed by atoms with Gasteiger partial charge in [0.05, 0.1) is 24.7 Å². The van der Waals surface area contributed by atoms with Crippen LogP contribution in [-0.4, -0.2) is 55.1 Å². The smallest absolute Gasteiger partial charge is 0.333 e. The number of fused-ring (bicyclic) bond motifs is 6. The molecule has 0 spiro atoms. The summed E-state index contributed by atoms with van der Waals surface area (Å²) in [6.45, 7) is 0.991. The molecule has 4 N–H and O–H groups in total. The van der Waals surface area contributed by atoms with Crippen LogP contribution in [0.3, 0.4) is 0 Å². The van der Waals surface area contributed by atoms with Gasteiger partial charge in [0.2, 0.25) is 5.88 Å². The second kappa shape index (κ2) is 14.0. The first-order chi connectivity index (χ1) is 27.9. The number of anilines is 2. The third-order valence-corrected chi connectivity index (χ3v) is 16.0. The molecule has 3 atom stereocenters. The first-order valence-electron chi connectivity index (χ1n) is 20.0. The molecule has 19 heteroatoms. The predicted octanol–water partition coefficient (Wildman–Crippen LogP) is 5.76. The predicted molar refractivity (Wildman–Crippen MR) is 210 cm³/mol. The Morgan fingerprint density at radius 3 is 2.12 bits per heavy atom. The van der Waals surface area contributed by atoms with Crippen molar-refractivity contribution in [2.45, 2.75) is 118 Å². The summed E-state index contributed by atoms with van der Waals surface area (Å²) in [6.07, 6.45) is 9.79. The fourth-order valence-electron chi connectivity index (χ4n) is 10.4. The summed E-state index contributed by atoms with van der Waals surface area (Å²) in [5.41, 5.74) is 8.83. The van der Waals surface area contributed by atoms with Gasteiger partial charge in [-0.05, 0) is 133 Å². The zero-order valence-electron chi connectivity index (χ0n) is 31.5. The number of aryl methyl sites for hydroxylation is 3. The van der Waals surface area contributed by atoms with E-state index in [0.717, 1.165) is 90.7 Å². The zero-order chi connectivity index (χ0) is 40.1. The van der Waals surface area contributed by atoms with Crippen molar-refractivity contribution in [3.8, 4) is 5.88 Å². The standard InChI is InChI=1S/C39H42ClFN8O7S2/c40-33-26-9-3-10-27(26)35(45-39(51)47-58(54,55)31-18-42-48-13-4-14-56-37(31)48)32-23(11-12-28(32)33)22-16-29(41)36-30(17-43-49(36)19-22)57(52,53)46-38(50)44-34-24-7-1-5-20(24)15-21-6-2-8-25(21)34/h15,17-18,22-23,29H,1-14,16,19H2,(H2,44,46,50)(H2,45,47,51). The molecule has 58 heavy (non-hydrogen) atoms. The molecule has 4 aromatic rings. The number of rotatable bonds is 7. The highest BCUT2D eigenvalue weighted by molar-refractivity contribution is 7.90. The third-order valence-electron chi connectivity index (χ3n) is 12.8. The third kappa shape index (κ3) is 6.15. The number of alkyl halides is 1. The van der Waals surface area contributed by atoms with Gasteiger partial charge in [0.1, 0.15) is 11.1 Å². The van der Waals surface area contributed by atoms with Crippen molar-refractivity contribution in [3.63, 3.8) is 0 Å². The van der Waals surface area contributed by atoms with Gasteiger partial charge in [-0.1, -0.05) is 17.7 Å². The van der Waals surface area contributed by atoms with Crippen LogP contribution in [0.15, 0.2) is 28.3 Å². The van der Waals surface area contributed by atoms with Gasteiger partial charge >= 0.3 is 12.1 Å². The summed E-state index contributed by atoms with van der Waals surface area (Å²) in [5.74, 6) is -0.615. The number of carbonyl (C=O) groups is 2. The fraction of sp³-hybridized carbons (Fsp3) is 0.487. The Balaban J connectivity index is 0.898. The molecule has 4 amide bonds. The van der Waals surface area contributed by atoms with Crippen molar-refractivity contribution < 1.29 is 35.6 Å². The number of sulfonamides is 2. The highest BCUT2D eigenvalue weighted by atomic mass is 35.5. The topological polar surface area (TPSA) is 195 Å². The largest absolute Gasteiger partial charge is 0.477 e. The van der Waals surface area contributed by atoms with Crippen LogP contribution in [0.1, 0.15) is 101 Å². The average Bonchev–Trinajstić information content (AvgIpc) is 4.02. The lowest BCUT2D eigenvalue weighted by atomic mass is 9.80. The van der Waals surface area contributed by atoms with Gasteiger partial charge in [0.25, 0.3) is 20.0 Å². The fourth-order valence-corrected chi connectivity index (χ4v) is 12.9. The summed E-state index contributed by atoms with van der Waals surface area (Å²) < 4.78 is 83.3. The van der Waals surface area contributed by atoms with Crippen LogP contribution in [0.2, 0.25) is 5.02 Å². The highest BCUT2D eigenvalue weighted by Crippen LogP contribution is 2.53. The minimum absolute atomic E-state index is 0.0473. The van der Waals surface area contributed by atoms with E-state index in [9.17, 15) is 26.4 Å². The van der Waals surface area contributed by atoms with Gasteiger partial charge in [0, 0.05) is 35.9 Å². The minimum Gasteiger partial charge on any atom is -0.477 e. The van der Waals surface area contributed by atoms with Crippen molar-refractivity contribution in [3.05, 3.63) is 73.7 Å². The van der Waals surface area contributed by atoms with Crippen LogP contribution >= 0.6 is 11.6 Å². The number of aromatic nitrogens is 4. The molecular formula is C39H42ClFN8O7S2. The number of benzene rings is 2. The highest BCUT2D eigenvalue weighted by Gasteiger charge is 2.43. The van der Waals surface area contributed by atoms with Crippen molar-refractivity contribution in [2.24, 2.45) is 5.92 Å². The molecule has 0 radical (unpaired) electrons. The van der Waals surface area contributed by atoms with Gasteiger partial charge in [-0.25, -0.2) is 44.9 Å².